The number of aromatic amines is 1. The lowest BCUT2D eigenvalue weighted by Gasteiger charge is -2.26. The van der Waals surface area contributed by atoms with E-state index in [1.165, 1.54) is 0 Å². The first-order valence-corrected chi connectivity index (χ1v) is 5.99. The van der Waals surface area contributed by atoms with Crippen LogP contribution < -0.4 is 5.73 Å². The highest BCUT2D eigenvalue weighted by Gasteiger charge is 2.21. The number of carbonyl (C=O) groups is 1. The Morgan fingerprint density at radius 3 is 2.89 bits per heavy atom. The zero-order valence-electron chi connectivity index (χ0n) is 9.98. The summed E-state index contributed by atoms with van der Waals surface area (Å²) < 4.78 is 5.25. The minimum absolute atomic E-state index is 0.0372. The molecular weight excluding hydrogens is 230 g/mol. The van der Waals surface area contributed by atoms with E-state index >= 15 is 0 Å². The maximum atomic E-state index is 12.4. The molecule has 3 N–H and O–H groups in total. The zero-order valence-corrected chi connectivity index (χ0v) is 9.98. The molecule has 1 fully saturated rings. The lowest BCUT2D eigenvalue weighted by Crippen LogP contribution is -2.40. The van der Waals surface area contributed by atoms with E-state index in [1.807, 2.05) is 23.1 Å². The molecule has 2 heterocycles. The molecule has 1 aliphatic rings. The summed E-state index contributed by atoms with van der Waals surface area (Å²) in [6, 6.07) is 5.54. The first-order chi connectivity index (χ1) is 8.75. The number of rotatable bonds is 1. The van der Waals surface area contributed by atoms with Gasteiger partial charge in [0.05, 0.1) is 18.8 Å². The highest BCUT2D eigenvalue weighted by atomic mass is 16.5. The van der Waals surface area contributed by atoms with Gasteiger partial charge in [-0.15, -0.1) is 0 Å². The van der Waals surface area contributed by atoms with Crippen molar-refractivity contribution in [1.29, 1.82) is 0 Å². The second-order valence-electron chi connectivity index (χ2n) is 4.41. The van der Waals surface area contributed by atoms with E-state index in [2.05, 4.69) is 4.98 Å². The van der Waals surface area contributed by atoms with Crippen molar-refractivity contribution in [1.82, 2.24) is 9.88 Å². The van der Waals surface area contributed by atoms with Crippen molar-refractivity contribution in [2.75, 3.05) is 32.0 Å². The summed E-state index contributed by atoms with van der Waals surface area (Å²) >= 11 is 0. The standard InChI is InChI=1S/C13H15N3O2/c14-9-1-2-12-10(7-9)11(8-15-12)13(17)16-3-5-18-6-4-16/h1-2,7-8,15H,3-6,14H2. The van der Waals surface area contributed by atoms with Crippen LogP contribution in [0.25, 0.3) is 10.9 Å². The van der Waals surface area contributed by atoms with Gasteiger partial charge in [0.25, 0.3) is 5.91 Å². The van der Waals surface area contributed by atoms with E-state index in [4.69, 9.17) is 10.5 Å². The number of nitrogens with two attached hydrogens (primary N) is 1. The summed E-state index contributed by atoms with van der Waals surface area (Å²) in [6.07, 6.45) is 1.75. The molecule has 0 unspecified atom stereocenters. The number of amides is 1. The Labute approximate surface area is 105 Å². The summed E-state index contributed by atoms with van der Waals surface area (Å²) in [5.41, 5.74) is 8.05. The number of ether oxygens (including phenoxy) is 1. The molecule has 5 heteroatoms. The van der Waals surface area contributed by atoms with Gasteiger partial charge >= 0.3 is 0 Å². The lowest BCUT2D eigenvalue weighted by atomic mass is 10.1. The normalized spacial score (nSPS) is 16.1. The van der Waals surface area contributed by atoms with Crippen LogP contribution in [0.4, 0.5) is 5.69 Å². The van der Waals surface area contributed by atoms with Gasteiger partial charge in [-0.05, 0) is 18.2 Å². The molecule has 0 atom stereocenters. The van der Waals surface area contributed by atoms with Gasteiger partial charge in [0.1, 0.15) is 0 Å². The molecule has 1 aromatic heterocycles. The van der Waals surface area contributed by atoms with Crippen LogP contribution in [0.1, 0.15) is 10.4 Å². The Bertz CT molecular complexity index is 585. The molecule has 0 bridgehead atoms. The van der Waals surface area contributed by atoms with E-state index in [9.17, 15) is 4.79 Å². The summed E-state index contributed by atoms with van der Waals surface area (Å²) in [5, 5.41) is 0.881. The minimum atomic E-state index is 0.0372. The number of anilines is 1. The number of benzene rings is 1. The van der Waals surface area contributed by atoms with Gasteiger partial charge in [-0.25, -0.2) is 0 Å². The van der Waals surface area contributed by atoms with E-state index in [-0.39, 0.29) is 5.91 Å². The molecule has 3 rings (SSSR count). The van der Waals surface area contributed by atoms with Crippen LogP contribution in [0.5, 0.6) is 0 Å². The molecular formula is C13H15N3O2. The van der Waals surface area contributed by atoms with Gasteiger partial charge < -0.3 is 20.4 Å². The van der Waals surface area contributed by atoms with Gasteiger partial charge in [-0.1, -0.05) is 0 Å². The molecule has 5 nitrogen and oxygen atoms in total. The molecule has 1 saturated heterocycles. The predicted octanol–water partition coefficient (Wildman–Crippen LogP) is 1.22. The van der Waals surface area contributed by atoms with Crippen LogP contribution in [0.3, 0.4) is 0 Å². The molecule has 1 amide bonds. The molecule has 2 aromatic rings. The average molecular weight is 245 g/mol. The van der Waals surface area contributed by atoms with E-state index in [1.54, 1.807) is 6.20 Å². The number of nitrogens with one attached hydrogen (secondary N) is 1. The quantitative estimate of drug-likeness (QED) is 0.742. The van der Waals surface area contributed by atoms with Gasteiger partial charge in [0.2, 0.25) is 0 Å². The zero-order chi connectivity index (χ0) is 12.5. The second kappa shape index (κ2) is 4.34. The molecule has 18 heavy (non-hydrogen) atoms. The number of H-pyrrole nitrogens is 1. The molecule has 1 aromatic carbocycles. The van der Waals surface area contributed by atoms with Crippen molar-refractivity contribution in [2.45, 2.75) is 0 Å². The fourth-order valence-electron chi connectivity index (χ4n) is 2.25. The third-order valence-electron chi connectivity index (χ3n) is 3.23. The van der Waals surface area contributed by atoms with Crippen molar-refractivity contribution in [2.24, 2.45) is 0 Å². The Balaban J connectivity index is 1.98. The van der Waals surface area contributed by atoms with Crippen LogP contribution in [-0.4, -0.2) is 42.1 Å². The number of aromatic nitrogens is 1. The van der Waals surface area contributed by atoms with Crippen molar-refractivity contribution in [3.05, 3.63) is 30.0 Å². The maximum absolute atomic E-state index is 12.4. The second-order valence-corrected chi connectivity index (χ2v) is 4.41. The van der Waals surface area contributed by atoms with Crippen LogP contribution >= 0.6 is 0 Å². The highest BCUT2D eigenvalue weighted by Crippen LogP contribution is 2.22. The topological polar surface area (TPSA) is 71.4 Å². The SMILES string of the molecule is Nc1ccc2[nH]cc(C(=O)N3CCOCC3)c2c1. The largest absolute Gasteiger partial charge is 0.399 e. The number of nitrogen functional groups attached to an aromatic ring is 1. The number of carbonyl (C=O) groups excluding carboxylic acids is 1. The fraction of sp³-hybridized carbons (Fsp3) is 0.308. The highest BCUT2D eigenvalue weighted by molar-refractivity contribution is 6.07. The summed E-state index contributed by atoms with van der Waals surface area (Å²) in [7, 11) is 0. The van der Waals surface area contributed by atoms with Crippen LogP contribution in [0.15, 0.2) is 24.4 Å². The molecule has 94 valence electrons. The summed E-state index contributed by atoms with van der Waals surface area (Å²) in [6.45, 7) is 2.51. The van der Waals surface area contributed by atoms with Crippen molar-refractivity contribution in [3.8, 4) is 0 Å². The number of hydrogen-bond acceptors (Lipinski definition) is 3. The number of morpholine rings is 1. The Hall–Kier alpha value is -2.01. The number of hydrogen-bond donors (Lipinski definition) is 2. The molecule has 0 saturated carbocycles. The molecule has 0 spiro atoms. The van der Waals surface area contributed by atoms with Crippen LogP contribution in [0, 0.1) is 0 Å². The number of nitrogens with zero attached hydrogens (tertiary/aromatic N) is 1. The van der Waals surface area contributed by atoms with Crippen LogP contribution in [0.2, 0.25) is 0 Å². The number of fused-ring (bicyclic) bond motifs is 1. The third-order valence-corrected chi connectivity index (χ3v) is 3.23. The summed E-state index contributed by atoms with van der Waals surface area (Å²) in [5.74, 6) is 0.0372. The van der Waals surface area contributed by atoms with E-state index < -0.39 is 0 Å². The minimum Gasteiger partial charge on any atom is -0.399 e. The van der Waals surface area contributed by atoms with Gasteiger partial charge in [0.15, 0.2) is 0 Å². The monoisotopic (exact) mass is 245 g/mol. The lowest BCUT2D eigenvalue weighted by molar-refractivity contribution is 0.0304. The molecule has 0 radical (unpaired) electrons. The van der Waals surface area contributed by atoms with Crippen molar-refractivity contribution >= 4 is 22.5 Å². The maximum Gasteiger partial charge on any atom is 0.256 e. The van der Waals surface area contributed by atoms with Crippen molar-refractivity contribution < 1.29 is 9.53 Å². The van der Waals surface area contributed by atoms with E-state index in [0.29, 0.717) is 37.6 Å². The summed E-state index contributed by atoms with van der Waals surface area (Å²) in [4.78, 5) is 17.3. The predicted molar refractivity (Wildman–Crippen MR) is 69.4 cm³/mol. The van der Waals surface area contributed by atoms with Gasteiger partial charge in [-0.3, -0.25) is 4.79 Å². The Morgan fingerprint density at radius 2 is 2.11 bits per heavy atom. The third kappa shape index (κ3) is 1.82. The first kappa shape index (κ1) is 11.1. The van der Waals surface area contributed by atoms with Crippen molar-refractivity contribution in [3.63, 3.8) is 0 Å². The van der Waals surface area contributed by atoms with E-state index in [0.717, 1.165) is 10.9 Å². The van der Waals surface area contributed by atoms with Crippen LogP contribution in [-0.2, 0) is 4.74 Å². The smallest absolute Gasteiger partial charge is 0.256 e. The molecule has 1 aliphatic heterocycles. The fourth-order valence-corrected chi connectivity index (χ4v) is 2.25. The first-order valence-electron chi connectivity index (χ1n) is 5.99. The average Bonchev–Trinajstić information content (AvgIpc) is 2.82. The Kier molecular flexibility index (Phi) is 2.68. The van der Waals surface area contributed by atoms with Gasteiger partial charge in [0, 0.05) is 35.9 Å². The van der Waals surface area contributed by atoms with Gasteiger partial charge in [-0.2, -0.15) is 0 Å². The molecule has 0 aliphatic carbocycles. The Morgan fingerprint density at radius 1 is 1.33 bits per heavy atom.